The molecule has 0 saturated carbocycles. The topological polar surface area (TPSA) is 73.0 Å². The Morgan fingerprint density at radius 1 is 1.56 bits per heavy atom. The summed E-state index contributed by atoms with van der Waals surface area (Å²) in [6.45, 7) is 1.97. The van der Waals surface area contributed by atoms with Crippen LogP contribution in [-0.2, 0) is 9.84 Å². The summed E-state index contributed by atoms with van der Waals surface area (Å²) in [7, 11) is -2.86. The van der Waals surface area contributed by atoms with Crippen LogP contribution in [-0.4, -0.2) is 24.9 Å². The summed E-state index contributed by atoms with van der Waals surface area (Å²) in [5.41, 5.74) is 8.16. The van der Waals surface area contributed by atoms with E-state index >= 15 is 0 Å². The number of nitrogens with zero attached hydrogens (tertiary/aromatic N) is 1. The van der Waals surface area contributed by atoms with Crippen molar-refractivity contribution in [2.75, 3.05) is 11.5 Å². The zero-order chi connectivity index (χ0) is 11.8. The van der Waals surface area contributed by atoms with Gasteiger partial charge in [-0.15, -0.1) is 0 Å². The van der Waals surface area contributed by atoms with Gasteiger partial charge < -0.3 is 5.73 Å². The number of hydrogen-bond donors (Lipinski definition) is 1. The van der Waals surface area contributed by atoms with Crippen molar-refractivity contribution >= 4 is 9.84 Å². The maximum absolute atomic E-state index is 11.4. The molecule has 88 valence electrons. The third-order valence-corrected chi connectivity index (χ3v) is 5.01. The molecule has 0 amide bonds. The number of aromatic nitrogens is 1. The van der Waals surface area contributed by atoms with Gasteiger partial charge in [-0.25, -0.2) is 8.42 Å². The second kappa shape index (κ2) is 4.14. The van der Waals surface area contributed by atoms with Crippen LogP contribution in [0.5, 0.6) is 0 Å². The molecular weight excluding hydrogens is 224 g/mol. The Balaban J connectivity index is 2.21. The van der Waals surface area contributed by atoms with Crippen LogP contribution in [0.3, 0.4) is 0 Å². The highest BCUT2D eigenvalue weighted by atomic mass is 32.2. The van der Waals surface area contributed by atoms with Crippen molar-refractivity contribution in [2.24, 2.45) is 11.7 Å². The molecule has 1 aliphatic heterocycles. The molecule has 1 aliphatic rings. The molecule has 2 unspecified atom stereocenters. The monoisotopic (exact) mass is 240 g/mol. The minimum absolute atomic E-state index is 0.0351. The van der Waals surface area contributed by atoms with E-state index in [1.54, 1.807) is 12.4 Å². The second-order valence-corrected chi connectivity index (χ2v) is 6.65. The summed E-state index contributed by atoms with van der Waals surface area (Å²) >= 11 is 0. The molecule has 0 spiro atoms. The second-order valence-electron chi connectivity index (χ2n) is 4.42. The standard InChI is InChI=1S/C11H16N2O2S/c1-8-2-4-13-6-10(8)11(12)9-3-5-16(14,15)7-9/h2,4,6,9,11H,3,5,7,12H2,1H3. The number of hydrogen-bond acceptors (Lipinski definition) is 4. The highest BCUT2D eigenvalue weighted by Gasteiger charge is 2.33. The Labute approximate surface area is 95.8 Å². The summed E-state index contributed by atoms with van der Waals surface area (Å²) in [4.78, 5) is 4.04. The van der Waals surface area contributed by atoms with E-state index in [0.29, 0.717) is 6.42 Å². The minimum atomic E-state index is -2.86. The Bertz CT molecular complexity index is 485. The Hall–Kier alpha value is -0.940. The first-order valence-corrected chi connectivity index (χ1v) is 7.18. The molecule has 1 fully saturated rings. The van der Waals surface area contributed by atoms with Crippen molar-refractivity contribution in [3.8, 4) is 0 Å². The van der Waals surface area contributed by atoms with Gasteiger partial charge in [0, 0.05) is 18.4 Å². The normalized spacial score (nSPS) is 25.5. The van der Waals surface area contributed by atoms with Crippen LogP contribution in [0, 0.1) is 12.8 Å². The molecule has 0 aliphatic carbocycles. The van der Waals surface area contributed by atoms with Crippen LogP contribution in [0.4, 0.5) is 0 Å². The van der Waals surface area contributed by atoms with Crippen molar-refractivity contribution < 1.29 is 8.42 Å². The van der Waals surface area contributed by atoms with Crippen LogP contribution in [0.15, 0.2) is 18.5 Å². The maximum Gasteiger partial charge on any atom is 0.150 e. The van der Waals surface area contributed by atoms with Crippen LogP contribution in [0.25, 0.3) is 0 Å². The molecule has 2 N–H and O–H groups in total. The van der Waals surface area contributed by atoms with Crippen molar-refractivity contribution in [1.82, 2.24) is 4.98 Å². The van der Waals surface area contributed by atoms with E-state index in [1.165, 1.54) is 0 Å². The number of nitrogens with two attached hydrogens (primary N) is 1. The van der Waals surface area contributed by atoms with Gasteiger partial charge in [0.15, 0.2) is 9.84 Å². The van der Waals surface area contributed by atoms with E-state index in [-0.39, 0.29) is 23.5 Å². The zero-order valence-electron chi connectivity index (χ0n) is 9.26. The average molecular weight is 240 g/mol. The van der Waals surface area contributed by atoms with Crippen LogP contribution < -0.4 is 5.73 Å². The summed E-state index contributed by atoms with van der Waals surface area (Å²) < 4.78 is 22.8. The van der Waals surface area contributed by atoms with Gasteiger partial charge in [-0.2, -0.15) is 0 Å². The number of rotatable bonds is 2. The highest BCUT2D eigenvalue weighted by Crippen LogP contribution is 2.30. The molecule has 0 bridgehead atoms. The lowest BCUT2D eigenvalue weighted by molar-refractivity contribution is 0.477. The SMILES string of the molecule is Cc1ccncc1C(N)C1CCS(=O)(=O)C1. The maximum atomic E-state index is 11.4. The summed E-state index contributed by atoms with van der Waals surface area (Å²) in [6.07, 6.45) is 4.12. The smallest absolute Gasteiger partial charge is 0.150 e. The van der Waals surface area contributed by atoms with Crippen LogP contribution in [0.2, 0.25) is 0 Å². The van der Waals surface area contributed by atoms with E-state index in [4.69, 9.17) is 5.73 Å². The van der Waals surface area contributed by atoms with Crippen molar-refractivity contribution in [3.63, 3.8) is 0 Å². The fourth-order valence-corrected chi connectivity index (χ4v) is 4.04. The fraction of sp³-hybridized carbons (Fsp3) is 0.545. The number of pyridine rings is 1. The van der Waals surface area contributed by atoms with Crippen molar-refractivity contribution in [1.29, 1.82) is 0 Å². The van der Waals surface area contributed by atoms with E-state index < -0.39 is 9.84 Å². The summed E-state index contributed by atoms with van der Waals surface area (Å²) in [5, 5.41) is 0. The highest BCUT2D eigenvalue weighted by molar-refractivity contribution is 7.91. The lowest BCUT2D eigenvalue weighted by atomic mass is 9.92. The van der Waals surface area contributed by atoms with Crippen molar-refractivity contribution in [3.05, 3.63) is 29.6 Å². The molecule has 2 atom stereocenters. The van der Waals surface area contributed by atoms with Crippen molar-refractivity contribution in [2.45, 2.75) is 19.4 Å². The quantitative estimate of drug-likeness (QED) is 0.830. The van der Waals surface area contributed by atoms with Gasteiger partial charge in [-0.3, -0.25) is 4.98 Å². The zero-order valence-corrected chi connectivity index (χ0v) is 10.1. The molecule has 1 saturated heterocycles. The minimum Gasteiger partial charge on any atom is -0.324 e. The first-order valence-electron chi connectivity index (χ1n) is 5.36. The van der Waals surface area contributed by atoms with Crippen LogP contribution >= 0.6 is 0 Å². The average Bonchev–Trinajstić information content (AvgIpc) is 2.59. The number of sulfone groups is 1. The largest absolute Gasteiger partial charge is 0.324 e. The van der Waals surface area contributed by atoms with E-state index in [9.17, 15) is 8.42 Å². The molecule has 5 heteroatoms. The van der Waals surface area contributed by atoms with Crippen LogP contribution in [0.1, 0.15) is 23.6 Å². The summed E-state index contributed by atoms with van der Waals surface area (Å²) in [6, 6.07) is 1.68. The third-order valence-electron chi connectivity index (χ3n) is 3.21. The van der Waals surface area contributed by atoms with E-state index in [0.717, 1.165) is 11.1 Å². The first-order chi connectivity index (χ1) is 7.49. The predicted octanol–water partition coefficient (Wildman–Crippen LogP) is 0.825. The Morgan fingerprint density at radius 2 is 2.31 bits per heavy atom. The molecule has 2 rings (SSSR count). The molecule has 0 aromatic carbocycles. The molecule has 4 nitrogen and oxygen atoms in total. The van der Waals surface area contributed by atoms with Gasteiger partial charge in [0.1, 0.15) is 0 Å². The molecule has 0 radical (unpaired) electrons. The molecule has 1 aromatic heterocycles. The van der Waals surface area contributed by atoms with Gasteiger partial charge in [0.2, 0.25) is 0 Å². The van der Waals surface area contributed by atoms with Gasteiger partial charge in [-0.05, 0) is 36.5 Å². The lowest BCUT2D eigenvalue weighted by Gasteiger charge is -2.19. The Kier molecular flexibility index (Phi) is 2.99. The third kappa shape index (κ3) is 2.25. The van der Waals surface area contributed by atoms with E-state index in [2.05, 4.69) is 4.98 Å². The van der Waals surface area contributed by atoms with Gasteiger partial charge in [0.25, 0.3) is 0 Å². The lowest BCUT2D eigenvalue weighted by Crippen LogP contribution is -2.23. The van der Waals surface area contributed by atoms with Gasteiger partial charge in [-0.1, -0.05) is 0 Å². The molecule has 1 aromatic rings. The summed E-state index contributed by atoms with van der Waals surface area (Å²) in [5.74, 6) is 0.514. The van der Waals surface area contributed by atoms with Gasteiger partial charge >= 0.3 is 0 Å². The Morgan fingerprint density at radius 3 is 2.88 bits per heavy atom. The number of aryl methyl sites for hydroxylation is 1. The molecule has 2 heterocycles. The fourth-order valence-electron chi connectivity index (χ4n) is 2.19. The van der Waals surface area contributed by atoms with Gasteiger partial charge in [0.05, 0.1) is 11.5 Å². The predicted molar refractivity (Wildman–Crippen MR) is 62.7 cm³/mol. The van der Waals surface area contributed by atoms with E-state index in [1.807, 2.05) is 13.0 Å². The first kappa shape index (κ1) is 11.5. The molecular formula is C11H16N2O2S. The molecule has 16 heavy (non-hydrogen) atoms.